The van der Waals surface area contributed by atoms with Crippen LogP contribution in [0.5, 0.6) is 11.5 Å². The summed E-state index contributed by atoms with van der Waals surface area (Å²) in [6.07, 6.45) is 2.88. The number of anilines is 2. The minimum absolute atomic E-state index is 0.154. The van der Waals surface area contributed by atoms with Crippen LogP contribution < -0.4 is 20.1 Å². The molecule has 1 fully saturated rings. The van der Waals surface area contributed by atoms with Crippen molar-refractivity contribution in [3.8, 4) is 11.5 Å². The standard InChI is InChI=1S/C30H32FN5O4S2/c1-42(38,39)35-25-8-12-27(13-9-25)40-26-10-2-21(3-11-26)18-36-16-14-24(15-17-36)33-29(28-19-41-20-32-28)30(37)34-23-6-4-22(31)5-7-23/h2-13,19-20,24,29,33,35H,14-18H2,1H3,(H,34,37). The van der Waals surface area contributed by atoms with E-state index in [9.17, 15) is 17.6 Å². The number of benzene rings is 3. The Hall–Kier alpha value is -3.84. The lowest BCUT2D eigenvalue weighted by Crippen LogP contribution is -2.46. The maximum Gasteiger partial charge on any atom is 0.247 e. The first-order valence-electron chi connectivity index (χ1n) is 13.5. The van der Waals surface area contributed by atoms with Gasteiger partial charge in [0.1, 0.15) is 23.4 Å². The summed E-state index contributed by atoms with van der Waals surface area (Å²) in [5, 5.41) is 8.24. The molecule has 1 aliphatic heterocycles. The van der Waals surface area contributed by atoms with E-state index in [1.807, 2.05) is 29.6 Å². The number of amides is 1. The quantitative estimate of drug-likeness (QED) is 0.209. The first-order valence-corrected chi connectivity index (χ1v) is 16.3. The fourth-order valence-corrected chi connectivity index (χ4v) is 5.91. The van der Waals surface area contributed by atoms with Crippen molar-refractivity contribution >= 4 is 38.6 Å². The molecule has 1 unspecified atom stereocenters. The molecule has 1 atom stereocenters. The van der Waals surface area contributed by atoms with Crippen LogP contribution in [0.2, 0.25) is 0 Å². The van der Waals surface area contributed by atoms with Crippen LogP contribution in [0.4, 0.5) is 15.8 Å². The van der Waals surface area contributed by atoms with Crippen LogP contribution in [0, 0.1) is 5.82 Å². The van der Waals surface area contributed by atoms with Gasteiger partial charge in [0.05, 0.1) is 17.5 Å². The second-order valence-corrected chi connectivity index (χ2v) is 12.7. The van der Waals surface area contributed by atoms with Gasteiger partial charge in [0, 0.05) is 29.3 Å². The van der Waals surface area contributed by atoms with Gasteiger partial charge in [-0.1, -0.05) is 12.1 Å². The highest BCUT2D eigenvalue weighted by Crippen LogP contribution is 2.25. The van der Waals surface area contributed by atoms with E-state index in [-0.39, 0.29) is 17.8 Å². The zero-order valence-corrected chi connectivity index (χ0v) is 24.6. The lowest BCUT2D eigenvalue weighted by atomic mass is 10.0. The minimum Gasteiger partial charge on any atom is -0.457 e. The SMILES string of the molecule is CS(=O)(=O)Nc1ccc(Oc2ccc(CN3CCC(NC(C(=O)Nc4ccc(F)cc4)c4cscn4)CC3)cc2)cc1. The zero-order chi connectivity index (χ0) is 29.5. The van der Waals surface area contributed by atoms with Gasteiger partial charge in [-0.3, -0.25) is 19.7 Å². The number of hydrogen-bond acceptors (Lipinski definition) is 8. The number of carbonyl (C=O) groups is 1. The molecule has 3 N–H and O–H groups in total. The van der Waals surface area contributed by atoms with Crippen molar-refractivity contribution in [3.05, 3.63) is 101 Å². The number of likely N-dealkylation sites (tertiary alicyclic amines) is 1. The Morgan fingerprint density at radius 3 is 2.21 bits per heavy atom. The number of nitrogens with one attached hydrogen (secondary N) is 3. The van der Waals surface area contributed by atoms with Crippen molar-refractivity contribution in [1.29, 1.82) is 0 Å². The third kappa shape index (κ3) is 8.58. The van der Waals surface area contributed by atoms with Gasteiger partial charge in [-0.05, 0) is 92.2 Å². The number of hydrogen-bond donors (Lipinski definition) is 3. The maximum atomic E-state index is 13.3. The van der Waals surface area contributed by atoms with Gasteiger partial charge in [-0.15, -0.1) is 11.3 Å². The van der Waals surface area contributed by atoms with E-state index in [1.54, 1.807) is 41.9 Å². The Morgan fingerprint density at radius 1 is 1.00 bits per heavy atom. The molecule has 0 spiro atoms. The molecule has 0 aliphatic carbocycles. The van der Waals surface area contributed by atoms with E-state index < -0.39 is 16.1 Å². The Labute approximate surface area is 248 Å². The molecule has 0 saturated carbocycles. The van der Waals surface area contributed by atoms with Crippen molar-refractivity contribution < 1.29 is 22.3 Å². The first kappa shape index (κ1) is 29.6. The molecule has 0 bridgehead atoms. The molecule has 1 aliphatic rings. The Morgan fingerprint density at radius 2 is 1.62 bits per heavy atom. The van der Waals surface area contributed by atoms with Gasteiger partial charge in [0.25, 0.3) is 0 Å². The normalized spacial score (nSPS) is 15.2. The summed E-state index contributed by atoms with van der Waals surface area (Å²) in [5.41, 5.74) is 4.57. The van der Waals surface area contributed by atoms with Crippen molar-refractivity contribution in [2.75, 3.05) is 29.4 Å². The van der Waals surface area contributed by atoms with Gasteiger partial charge in [0.2, 0.25) is 15.9 Å². The van der Waals surface area contributed by atoms with E-state index in [1.165, 1.54) is 29.0 Å². The second kappa shape index (κ2) is 13.4. The fraction of sp³-hybridized carbons (Fsp3) is 0.267. The number of nitrogens with zero attached hydrogens (tertiary/aromatic N) is 2. The maximum absolute atomic E-state index is 13.3. The summed E-state index contributed by atoms with van der Waals surface area (Å²) in [5.74, 6) is 0.724. The molecule has 9 nitrogen and oxygen atoms in total. The summed E-state index contributed by atoms with van der Waals surface area (Å²) < 4.78 is 44.3. The molecule has 1 amide bonds. The predicted molar refractivity (Wildman–Crippen MR) is 163 cm³/mol. The molecule has 220 valence electrons. The second-order valence-electron chi connectivity index (χ2n) is 10.2. The van der Waals surface area contributed by atoms with Crippen LogP contribution in [0.3, 0.4) is 0 Å². The van der Waals surface area contributed by atoms with E-state index in [0.717, 1.165) is 38.7 Å². The van der Waals surface area contributed by atoms with Gasteiger partial charge >= 0.3 is 0 Å². The van der Waals surface area contributed by atoms with E-state index in [2.05, 4.69) is 25.2 Å². The number of sulfonamides is 1. The number of halogens is 1. The van der Waals surface area contributed by atoms with Crippen molar-refractivity contribution in [2.24, 2.45) is 0 Å². The number of aromatic nitrogens is 1. The lowest BCUT2D eigenvalue weighted by molar-refractivity contribution is -0.118. The Bertz CT molecular complexity index is 1560. The molecular formula is C30H32FN5O4S2. The number of ether oxygens (including phenoxy) is 1. The lowest BCUT2D eigenvalue weighted by Gasteiger charge is -2.34. The monoisotopic (exact) mass is 609 g/mol. The summed E-state index contributed by atoms with van der Waals surface area (Å²) in [6.45, 7) is 2.57. The van der Waals surface area contributed by atoms with Crippen LogP contribution in [0.1, 0.15) is 30.1 Å². The fourth-order valence-electron chi connectivity index (χ4n) is 4.76. The molecule has 42 heavy (non-hydrogen) atoms. The molecule has 3 aromatic carbocycles. The predicted octanol–water partition coefficient (Wildman–Crippen LogP) is 5.38. The highest BCUT2D eigenvalue weighted by Gasteiger charge is 2.28. The highest BCUT2D eigenvalue weighted by atomic mass is 32.2. The summed E-state index contributed by atoms with van der Waals surface area (Å²) in [6, 6.07) is 19.9. The van der Waals surface area contributed by atoms with Crippen LogP contribution in [0.25, 0.3) is 0 Å². The van der Waals surface area contributed by atoms with Crippen molar-refractivity contribution in [3.63, 3.8) is 0 Å². The smallest absolute Gasteiger partial charge is 0.247 e. The summed E-state index contributed by atoms with van der Waals surface area (Å²) >= 11 is 1.44. The molecule has 1 saturated heterocycles. The van der Waals surface area contributed by atoms with Crippen molar-refractivity contribution in [2.45, 2.75) is 31.5 Å². The van der Waals surface area contributed by atoms with Crippen molar-refractivity contribution in [1.82, 2.24) is 15.2 Å². The van der Waals surface area contributed by atoms with Crippen LogP contribution in [0.15, 0.2) is 83.7 Å². The topological polar surface area (TPSA) is 113 Å². The van der Waals surface area contributed by atoms with Gasteiger partial charge in [0.15, 0.2) is 0 Å². The van der Waals surface area contributed by atoms with Gasteiger partial charge in [-0.2, -0.15) is 0 Å². The van der Waals surface area contributed by atoms with E-state index in [0.29, 0.717) is 28.6 Å². The van der Waals surface area contributed by atoms with Gasteiger partial charge in [-0.25, -0.2) is 17.8 Å². The molecule has 12 heteroatoms. The summed E-state index contributed by atoms with van der Waals surface area (Å²) in [4.78, 5) is 19.9. The van der Waals surface area contributed by atoms with E-state index in [4.69, 9.17) is 4.74 Å². The molecule has 5 rings (SSSR count). The highest BCUT2D eigenvalue weighted by molar-refractivity contribution is 7.92. The average Bonchev–Trinajstić information content (AvgIpc) is 3.50. The number of piperidine rings is 1. The van der Waals surface area contributed by atoms with Crippen LogP contribution >= 0.6 is 11.3 Å². The van der Waals surface area contributed by atoms with Crippen LogP contribution in [-0.4, -0.2) is 49.6 Å². The Kier molecular flexibility index (Phi) is 9.48. The minimum atomic E-state index is -3.33. The number of thiazole rings is 1. The van der Waals surface area contributed by atoms with Gasteiger partial charge < -0.3 is 10.1 Å². The molecular weight excluding hydrogens is 577 g/mol. The largest absolute Gasteiger partial charge is 0.457 e. The first-order chi connectivity index (χ1) is 20.2. The summed E-state index contributed by atoms with van der Waals surface area (Å²) in [7, 11) is -3.33. The zero-order valence-electron chi connectivity index (χ0n) is 23.0. The molecule has 4 aromatic rings. The molecule has 2 heterocycles. The van der Waals surface area contributed by atoms with Crippen LogP contribution in [-0.2, 0) is 21.4 Å². The number of carbonyl (C=O) groups excluding carboxylic acids is 1. The Balaban J connectivity index is 1.11. The molecule has 0 radical (unpaired) electrons. The third-order valence-corrected chi connectivity index (χ3v) is 8.05. The third-order valence-electron chi connectivity index (χ3n) is 6.83. The van der Waals surface area contributed by atoms with E-state index >= 15 is 0 Å². The number of rotatable bonds is 11. The average molecular weight is 610 g/mol. The molecule has 1 aromatic heterocycles.